The number of anilines is 2. The van der Waals surface area contributed by atoms with Crippen molar-refractivity contribution >= 4 is 34.7 Å². The fourth-order valence-electron chi connectivity index (χ4n) is 4.96. The summed E-state index contributed by atoms with van der Waals surface area (Å²) in [7, 11) is 0. The van der Waals surface area contributed by atoms with E-state index in [0.29, 0.717) is 17.4 Å². The number of carbonyl (C=O) groups excluding carboxylic acids is 1. The van der Waals surface area contributed by atoms with Crippen LogP contribution in [0.5, 0.6) is 0 Å². The normalized spacial score (nSPS) is 19.0. The fourth-order valence-corrected chi connectivity index (χ4v) is 5.17. The first-order valence-corrected chi connectivity index (χ1v) is 13.5. The molecule has 2 aliphatic heterocycles. The molecule has 1 saturated heterocycles. The average molecular weight is 517 g/mol. The Balaban J connectivity index is 1.55. The Kier molecular flexibility index (Phi) is 7.58. The van der Waals surface area contributed by atoms with Crippen LogP contribution in [0.3, 0.4) is 0 Å². The van der Waals surface area contributed by atoms with E-state index in [1.54, 1.807) is 0 Å². The minimum absolute atomic E-state index is 0.149. The van der Waals surface area contributed by atoms with Crippen LogP contribution in [-0.4, -0.2) is 46.9 Å². The summed E-state index contributed by atoms with van der Waals surface area (Å²) in [6.07, 6.45) is 4.54. The van der Waals surface area contributed by atoms with Crippen molar-refractivity contribution in [3.63, 3.8) is 0 Å². The lowest BCUT2D eigenvalue weighted by atomic mass is 9.93. The third-order valence-electron chi connectivity index (χ3n) is 7.51. The topological polar surface area (TPSA) is 77.8 Å². The molecule has 7 heteroatoms. The number of aliphatic hydroxyl groups excluding tert-OH is 1. The Morgan fingerprint density at radius 3 is 2.62 bits per heavy atom. The summed E-state index contributed by atoms with van der Waals surface area (Å²) in [5, 5.41) is 13.6. The molecule has 2 aromatic carbocycles. The van der Waals surface area contributed by atoms with Crippen molar-refractivity contribution < 1.29 is 9.90 Å². The third kappa shape index (κ3) is 5.55. The summed E-state index contributed by atoms with van der Waals surface area (Å²) in [6, 6.07) is 17.2. The Hall–Kier alpha value is -3.22. The minimum atomic E-state index is -0.627. The molecule has 6 nitrogen and oxygen atoms in total. The summed E-state index contributed by atoms with van der Waals surface area (Å²) < 4.78 is 0. The molecule has 0 radical (unpaired) electrons. The van der Waals surface area contributed by atoms with Gasteiger partial charge in [0.25, 0.3) is 0 Å². The Morgan fingerprint density at radius 1 is 1.14 bits per heavy atom. The van der Waals surface area contributed by atoms with Crippen molar-refractivity contribution in [1.29, 1.82) is 0 Å². The zero-order valence-electron chi connectivity index (χ0n) is 21.3. The zero-order chi connectivity index (χ0) is 25.9. The standard InChI is InChI=1S/C30H33ClN4O2/c1-3-19(2)20-8-10-26-24(16-20)29(22-9-11-28(32-18-22)35-14-12-23(36)13-15-35)33-27(30(37)34-26)17-21-6-4-5-7-25(21)31/h4-11,16,18-19,23,27,36H,3,12-15,17H2,1-2H3,(H,34,37). The van der Waals surface area contributed by atoms with Crippen molar-refractivity contribution in [1.82, 2.24) is 4.98 Å². The molecule has 2 aliphatic rings. The first-order valence-electron chi connectivity index (χ1n) is 13.1. The van der Waals surface area contributed by atoms with Crippen LogP contribution in [0.15, 0.2) is 65.8 Å². The van der Waals surface area contributed by atoms with Crippen molar-refractivity contribution in [2.75, 3.05) is 23.3 Å². The molecule has 0 bridgehead atoms. The highest BCUT2D eigenvalue weighted by atomic mass is 35.5. The maximum atomic E-state index is 13.3. The first-order chi connectivity index (χ1) is 17.9. The number of nitrogens with one attached hydrogen (secondary N) is 1. The van der Waals surface area contributed by atoms with Gasteiger partial charge in [-0.2, -0.15) is 0 Å². The highest BCUT2D eigenvalue weighted by Crippen LogP contribution is 2.31. The molecule has 0 aliphatic carbocycles. The van der Waals surface area contributed by atoms with Crippen LogP contribution < -0.4 is 10.2 Å². The third-order valence-corrected chi connectivity index (χ3v) is 7.88. The summed E-state index contributed by atoms with van der Waals surface area (Å²) in [6.45, 7) is 5.96. The number of benzene rings is 2. The fraction of sp³-hybridized carbons (Fsp3) is 0.367. The van der Waals surface area contributed by atoms with Gasteiger partial charge in [-0.1, -0.05) is 49.7 Å². The van der Waals surface area contributed by atoms with Crippen LogP contribution in [0.1, 0.15) is 61.3 Å². The number of hydrogen-bond acceptors (Lipinski definition) is 5. The smallest absolute Gasteiger partial charge is 0.249 e. The highest BCUT2D eigenvalue weighted by Gasteiger charge is 2.28. The molecule has 37 heavy (non-hydrogen) atoms. The van der Waals surface area contributed by atoms with Crippen LogP contribution >= 0.6 is 11.6 Å². The minimum Gasteiger partial charge on any atom is -0.393 e. The number of benzodiazepines with no additional fused rings is 1. The van der Waals surface area contributed by atoms with Crippen molar-refractivity contribution in [3.8, 4) is 0 Å². The van der Waals surface area contributed by atoms with Gasteiger partial charge in [-0.25, -0.2) is 4.98 Å². The number of hydrogen-bond donors (Lipinski definition) is 2. The van der Waals surface area contributed by atoms with Gasteiger partial charge in [-0.05, 0) is 66.6 Å². The van der Waals surface area contributed by atoms with Crippen LogP contribution in [0.2, 0.25) is 5.02 Å². The van der Waals surface area contributed by atoms with E-state index >= 15 is 0 Å². The van der Waals surface area contributed by atoms with Crippen molar-refractivity contribution in [3.05, 3.63) is 88.1 Å². The molecule has 1 amide bonds. The van der Waals surface area contributed by atoms with Crippen LogP contribution in [-0.2, 0) is 11.2 Å². The summed E-state index contributed by atoms with van der Waals surface area (Å²) >= 11 is 6.44. The number of aromatic nitrogens is 1. The molecule has 1 aromatic heterocycles. The van der Waals surface area contributed by atoms with Gasteiger partial charge in [0, 0.05) is 41.9 Å². The predicted octanol–water partition coefficient (Wildman–Crippen LogP) is 5.61. The molecular weight excluding hydrogens is 484 g/mol. The Bertz CT molecular complexity index is 1300. The highest BCUT2D eigenvalue weighted by molar-refractivity contribution is 6.31. The van der Waals surface area contributed by atoms with Gasteiger partial charge in [-0.15, -0.1) is 0 Å². The molecule has 2 N–H and O–H groups in total. The number of pyridine rings is 1. The van der Waals surface area contributed by atoms with Gasteiger partial charge >= 0.3 is 0 Å². The number of piperidine rings is 1. The monoisotopic (exact) mass is 516 g/mol. The number of carbonyl (C=O) groups is 1. The SMILES string of the molecule is CCC(C)c1ccc2c(c1)C(c1ccc(N3CCC(O)CC3)nc1)=NC(Cc1ccccc1Cl)C(=O)N2. The first kappa shape index (κ1) is 25.4. The molecule has 2 unspecified atom stereocenters. The van der Waals surface area contributed by atoms with Crippen molar-refractivity contribution in [2.24, 2.45) is 4.99 Å². The van der Waals surface area contributed by atoms with Gasteiger partial charge in [0.1, 0.15) is 11.9 Å². The van der Waals surface area contributed by atoms with Crippen LogP contribution in [0.4, 0.5) is 11.5 Å². The maximum Gasteiger partial charge on any atom is 0.249 e. The number of halogens is 1. The van der Waals surface area contributed by atoms with Crippen molar-refractivity contribution in [2.45, 2.75) is 57.6 Å². The lowest BCUT2D eigenvalue weighted by molar-refractivity contribution is -0.117. The Morgan fingerprint density at radius 2 is 1.92 bits per heavy atom. The summed E-state index contributed by atoms with van der Waals surface area (Å²) in [4.78, 5) is 25.3. The number of amides is 1. The second kappa shape index (κ2) is 11.0. The van der Waals surface area contributed by atoms with Gasteiger partial charge in [-0.3, -0.25) is 9.79 Å². The predicted molar refractivity (Wildman–Crippen MR) is 150 cm³/mol. The number of aliphatic imine (C=N–C) groups is 1. The molecule has 1 fully saturated rings. The molecule has 0 spiro atoms. The second-order valence-electron chi connectivity index (χ2n) is 10.0. The van der Waals surface area contributed by atoms with E-state index in [9.17, 15) is 9.90 Å². The van der Waals surface area contributed by atoms with Gasteiger partial charge in [0.05, 0.1) is 17.5 Å². The van der Waals surface area contributed by atoms with Gasteiger partial charge in [0.2, 0.25) is 5.91 Å². The molecule has 192 valence electrons. The van der Waals surface area contributed by atoms with E-state index in [1.165, 1.54) is 5.56 Å². The summed E-state index contributed by atoms with van der Waals surface area (Å²) in [5.74, 6) is 1.13. The van der Waals surface area contributed by atoms with E-state index in [-0.39, 0.29) is 12.0 Å². The van der Waals surface area contributed by atoms with E-state index in [4.69, 9.17) is 21.6 Å². The lowest BCUT2D eigenvalue weighted by Crippen LogP contribution is -2.36. The van der Waals surface area contributed by atoms with Crippen LogP contribution in [0, 0.1) is 0 Å². The number of rotatable bonds is 6. The maximum absolute atomic E-state index is 13.3. The zero-order valence-corrected chi connectivity index (χ0v) is 22.1. The van der Waals surface area contributed by atoms with Gasteiger partial charge in [0.15, 0.2) is 0 Å². The molecular formula is C30H33ClN4O2. The Labute approximate surface area is 223 Å². The molecule has 3 aromatic rings. The number of nitrogens with zero attached hydrogens (tertiary/aromatic N) is 3. The van der Waals surface area contributed by atoms with E-state index in [0.717, 1.165) is 66.3 Å². The van der Waals surface area contributed by atoms with Gasteiger partial charge < -0.3 is 15.3 Å². The lowest BCUT2D eigenvalue weighted by Gasteiger charge is -2.30. The van der Waals surface area contributed by atoms with E-state index < -0.39 is 6.04 Å². The summed E-state index contributed by atoms with van der Waals surface area (Å²) in [5.41, 5.74) is 5.38. The molecule has 5 rings (SSSR count). The quantitative estimate of drug-likeness (QED) is 0.446. The largest absolute Gasteiger partial charge is 0.393 e. The molecule has 0 saturated carbocycles. The molecule has 2 atom stereocenters. The van der Waals surface area contributed by atoms with E-state index in [2.05, 4.69) is 36.2 Å². The van der Waals surface area contributed by atoms with Crippen LogP contribution in [0.25, 0.3) is 0 Å². The average Bonchev–Trinajstić information content (AvgIpc) is 3.05. The second-order valence-corrected chi connectivity index (χ2v) is 10.4. The number of aliphatic hydroxyl groups is 1. The molecule has 3 heterocycles. The number of fused-ring (bicyclic) bond motifs is 1. The van der Waals surface area contributed by atoms with E-state index in [1.807, 2.05) is 48.7 Å².